The summed E-state index contributed by atoms with van der Waals surface area (Å²) in [6, 6.07) is 14.1. The number of amides is 2. The first-order valence-corrected chi connectivity index (χ1v) is 9.44. The van der Waals surface area contributed by atoms with Crippen molar-refractivity contribution in [2.24, 2.45) is 0 Å². The molecular formula is C22H28N4O4. The lowest BCUT2D eigenvalue weighted by Crippen LogP contribution is -2.40. The van der Waals surface area contributed by atoms with Gasteiger partial charge in [-0.15, -0.1) is 0 Å². The number of anilines is 2. The molecular weight excluding hydrogens is 384 g/mol. The van der Waals surface area contributed by atoms with Gasteiger partial charge in [-0.1, -0.05) is 12.1 Å². The van der Waals surface area contributed by atoms with Gasteiger partial charge in [-0.05, 0) is 56.1 Å². The molecule has 0 spiro atoms. The summed E-state index contributed by atoms with van der Waals surface area (Å²) in [4.78, 5) is 39.9. The van der Waals surface area contributed by atoms with Crippen LogP contribution in [0.5, 0.6) is 0 Å². The number of likely N-dealkylation sites (N-methyl/N-ethyl adjacent to an activating group) is 1. The summed E-state index contributed by atoms with van der Waals surface area (Å²) in [5, 5.41) is 5.20. The smallest absolute Gasteiger partial charge is 0.337 e. The molecule has 0 aromatic heterocycles. The monoisotopic (exact) mass is 412 g/mol. The number of ether oxygens (including phenoxy) is 1. The first-order valence-electron chi connectivity index (χ1n) is 9.44. The van der Waals surface area contributed by atoms with Crippen LogP contribution in [-0.2, 0) is 14.3 Å². The van der Waals surface area contributed by atoms with Gasteiger partial charge in [-0.3, -0.25) is 9.59 Å². The van der Waals surface area contributed by atoms with Crippen LogP contribution in [0, 0.1) is 0 Å². The summed E-state index contributed by atoms with van der Waals surface area (Å²) in [6.45, 7) is 0.280. The van der Waals surface area contributed by atoms with Crippen LogP contribution in [0.15, 0.2) is 48.5 Å². The maximum absolute atomic E-state index is 12.2. The van der Waals surface area contributed by atoms with E-state index in [9.17, 15) is 14.4 Å². The highest BCUT2D eigenvalue weighted by atomic mass is 16.5. The van der Waals surface area contributed by atoms with E-state index in [0.29, 0.717) is 11.3 Å². The van der Waals surface area contributed by atoms with Crippen LogP contribution in [-0.4, -0.2) is 64.5 Å². The summed E-state index contributed by atoms with van der Waals surface area (Å²) < 4.78 is 4.63. The van der Waals surface area contributed by atoms with E-state index in [2.05, 4.69) is 15.4 Å². The van der Waals surface area contributed by atoms with E-state index in [1.165, 1.54) is 31.4 Å². The molecule has 0 aliphatic carbocycles. The third-order valence-corrected chi connectivity index (χ3v) is 4.64. The Morgan fingerprint density at radius 3 is 2.00 bits per heavy atom. The second-order valence-electron chi connectivity index (χ2n) is 7.20. The molecule has 2 amide bonds. The maximum atomic E-state index is 12.2. The number of rotatable bonds is 7. The number of hydrogen-bond donors (Lipinski definition) is 2. The van der Waals surface area contributed by atoms with Crippen molar-refractivity contribution in [3.8, 4) is 0 Å². The molecule has 0 aliphatic heterocycles. The Balaban J connectivity index is 1.96. The predicted octanol–water partition coefficient (Wildman–Crippen LogP) is 1.90. The molecule has 0 aliphatic rings. The van der Waals surface area contributed by atoms with Gasteiger partial charge >= 0.3 is 17.8 Å². The molecule has 8 nitrogen and oxygen atoms in total. The zero-order valence-electron chi connectivity index (χ0n) is 17.9. The van der Waals surface area contributed by atoms with Crippen LogP contribution in [0.1, 0.15) is 22.0 Å². The maximum Gasteiger partial charge on any atom is 0.337 e. The van der Waals surface area contributed by atoms with Gasteiger partial charge in [0.2, 0.25) is 0 Å². The van der Waals surface area contributed by atoms with E-state index < -0.39 is 17.8 Å². The Morgan fingerprint density at radius 1 is 0.900 bits per heavy atom. The van der Waals surface area contributed by atoms with Gasteiger partial charge in [-0.25, -0.2) is 4.79 Å². The average Bonchev–Trinajstić information content (AvgIpc) is 2.73. The molecule has 0 unspecified atom stereocenters. The minimum absolute atomic E-state index is 0.0858. The molecule has 30 heavy (non-hydrogen) atoms. The standard InChI is InChI=1S/C22H28N4O4/c1-25(2)18-12-8-15(9-13-18)19(26(3)4)14-23-20(27)21(28)24-17-10-6-16(7-11-17)22(29)30-5/h6-13,19H,14H2,1-5H3,(H,23,27)(H,24,28)/t19-/m1/s1. The Bertz CT molecular complexity index is 877. The van der Waals surface area contributed by atoms with Crippen molar-refractivity contribution in [1.29, 1.82) is 0 Å². The molecule has 0 radical (unpaired) electrons. The van der Waals surface area contributed by atoms with Crippen LogP contribution >= 0.6 is 0 Å². The molecule has 1 atom stereocenters. The SMILES string of the molecule is COC(=O)c1ccc(NC(=O)C(=O)NC[C@H](c2ccc(N(C)C)cc2)N(C)C)cc1. The number of esters is 1. The highest BCUT2D eigenvalue weighted by molar-refractivity contribution is 6.39. The number of carbonyl (C=O) groups is 3. The van der Waals surface area contributed by atoms with E-state index in [-0.39, 0.29) is 12.6 Å². The predicted molar refractivity (Wildman–Crippen MR) is 117 cm³/mol. The lowest BCUT2D eigenvalue weighted by molar-refractivity contribution is -0.136. The van der Waals surface area contributed by atoms with Crippen molar-refractivity contribution in [2.45, 2.75) is 6.04 Å². The van der Waals surface area contributed by atoms with E-state index in [1.54, 1.807) is 0 Å². The highest BCUT2D eigenvalue weighted by Gasteiger charge is 2.19. The van der Waals surface area contributed by atoms with Crippen LogP contribution in [0.2, 0.25) is 0 Å². The van der Waals surface area contributed by atoms with Crippen LogP contribution in [0.4, 0.5) is 11.4 Å². The van der Waals surface area contributed by atoms with Gasteiger partial charge in [-0.2, -0.15) is 0 Å². The van der Waals surface area contributed by atoms with Gasteiger partial charge in [0.05, 0.1) is 18.7 Å². The summed E-state index contributed by atoms with van der Waals surface area (Å²) in [5.74, 6) is -1.98. The van der Waals surface area contributed by atoms with Gasteiger partial charge in [0, 0.05) is 32.0 Å². The fraction of sp³-hybridized carbons (Fsp3) is 0.318. The fourth-order valence-electron chi connectivity index (χ4n) is 2.86. The second kappa shape index (κ2) is 10.4. The van der Waals surface area contributed by atoms with Crippen molar-refractivity contribution in [3.63, 3.8) is 0 Å². The molecule has 0 heterocycles. The number of nitrogens with one attached hydrogen (secondary N) is 2. The highest BCUT2D eigenvalue weighted by Crippen LogP contribution is 2.21. The Morgan fingerprint density at radius 2 is 1.50 bits per heavy atom. The van der Waals surface area contributed by atoms with E-state index in [0.717, 1.165) is 11.3 Å². The van der Waals surface area contributed by atoms with Gasteiger partial charge < -0.3 is 25.2 Å². The Hall–Kier alpha value is -3.39. The van der Waals surface area contributed by atoms with Crippen molar-refractivity contribution >= 4 is 29.2 Å². The quantitative estimate of drug-likeness (QED) is 0.533. The zero-order valence-corrected chi connectivity index (χ0v) is 17.9. The lowest BCUT2D eigenvalue weighted by Gasteiger charge is -2.25. The van der Waals surface area contributed by atoms with Crippen molar-refractivity contribution < 1.29 is 19.1 Å². The first kappa shape index (κ1) is 22.9. The van der Waals surface area contributed by atoms with Crippen LogP contribution in [0.25, 0.3) is 0 Å². The molecule has 8 heteroatoms. The summed E-state index contributed by atoms with van der Waals surface area (Å²) >= 11 is 0. The van der Waals surface area contributed by atoms with Crippen LogP contribution in [0.3, 0.4) is 0 Å². The molecule has 0 saturated heterocycles. The average molecular weight is 412 g/mol. The lowest BCUT2D eigenvalue weighted by atomic mass is 10.1. The number of methoxy groups -OCH3 is 1. The van der Waals surface area contributed by atoms with Crippen molar-refractivity contribution in [3.05, 3.63) is 59.7 Å². The molecule has 0 bridgehead atoms. The van der Waals surface area contributed by atoms with Gasteiger partial charge in [0.15, 0.2) is 0 Å². The molecule has 160 valence electrons. The second-order valence-corrected chi connectivity index (χ2v) is 7.20. The van der Waals surface area contributed by atoms with E-state index >= 15 is 0 Å². The summed E-state index contributed by atoms with van der Waals surface area (Å²) in [6.07, 6.45) is 0. The van der Waals surface area contributed by atoms with Gasteiger partial charge in [0.25, 0.3) is 0 Å². The first-order chi connectivity index (χ1) is 14.2. The van der Waals surface area contributed by atoms with Crippen molar-refractivity contribution in [2.75, 3.05) is 52.1 Å². The van der Waals surface area contributed by atoms with Crippen LogP contribution < -0.4 is 15.5 Å². The number of benzene rings is 2. The minimum Gasteiger partial charge on any atom is -0.465 e. The summed E-state index contributed by atoms with van der Waals surface area (Å²) in [7, 11) is 9.07. The Kier molecular flexibility index (Phi) is 7.94. The minimum atomic E-state index is -0.777. The topological polar surface area (TPSA) is 91.0 Å². The van der Waals surface area contributed by atoms with Gasteiger partial charge in [0.1, 0.15) is 0 Å². The summed E-state index contributed by atoms with van der Waals surface area (Å²) in [5.41, 5.74) is 2.88. The van der Waals surface area contributed by atoms with Crippen molar-refractivity contribution in [1.82, 2.24) is 10.2 Å². The molecule has 2 aromatic carbocycles. The largest absolute Gasteiger partial charge is 0.465 e. The van der Waals surface area contributed by atoms with E-state index in [1.807, 2.05) is 62.3 Å². The molecule has 2 N–H and O–H groups in total. The Labute approximate surface area is 176 Å². The normalized spacial score (nSPS) is 11.5. The molecule has 2 aromatic rings. The number of nitrogens with zero attached hydrogens (tertiary/aromatic N) is 2. The molecule has 2 rings (SSSR count). The van der Waals surface area contributed by atoms with E-state index in [4.69, 9.17) is 0 Å². The molecule has 0 fully saturated rings. The zero-order chi connectivity index (χ0) is 22.3. The third kappa shape index (κ3) is 6.05. The number of carbonyl (C=O) groups excluding carboxylic acids is 3. The number of hydrogen-bond acceptors (Lipinski definition) is 6. The third-order valence-electron chi connectivity index (χ3n) is 4.64. The molecule has 0 saturated carbocycles. The fourth-order valence-corrected chi connectivity index (χ4v) is 2.86.